The normalized spacial score (nSPS) is 15.5. The Morgan fingerprint density at radius 3 is 3.23 bits per heavy atom. The molecule has 0 aliphatic carbocycles. The number of benzene rings is 1. The average Bonchev–Trinajstić information content (AvgIpc) is 2.18. The molecule has 2 rings (SSSR count). The number of hydrogen-bond donors (Lipinski definition) is 1. The summed E-state index contributed by atoms with van der Waals surface area (Å²) in [5.41, 5.74) is 2.62. The fraction of sp³-hybridized carbons (Fsp3) is 0.400. The maximum atomic E-state index is 5.03. The molecule has 0 radical (unpaired) electrons. The highest BCUT2D eigenvalue weighted by Gasteiger charge is 2.09. The van der Waals surface area contributed by atoms with Gasteiger partial charge in [0.15, 0.2) is 0 Å². The molecule has 3 heteroatoms. The Hall–Kier alpha value is -0.510. The topological polar surface area (TPSA) is 35.2 Å². The molecule has 13 heavy (non-hydrogen) atoms. The summed E-state index contributed by atoms with van der Waals surface area (Å²) < 4.78 is 0. The van der Waals surface area contributed by atoms with Crippen LogP contribution in [0.2, 0.25) is 0 Å². The average molecular weight is 195 g/mol. The molecule has 0 saturated carbocycles. The van der Waals surface area contributed by atoms with Gasteiger partial charge in [-0.15, -0.1) is 11.8 Å². The van der Waals surface area contributed by atoms with E-state index in [9.17, 15) is 0 Å². The summed E-state index contributed by atoms with van der Waals surface area (Å²) in [7, 11) is 0. The largest absolute Gasteiger partial charge is 0.300 e. The molecule has 1 heterocycles. The van der Waals surface area contributed by atoms with Gasteiger partial charge in [0.05, 0.1) is 6.61 Å². The molecular formula is C10H13NOS. The number of aryl methyl sites for hydroxylation is 1. The number of fused-ring (bicyclic) bond motifs is 1. The highest BCUT2D eigenvalue weighted by Crippen LogP contribution is 2.30. The smallest absolute Gasteiger partial charge is 0.0930 e. The van der Waals surface area contributed by atoms with Crippen molar-refractivity contribution in [1.82, 2.24) is 0 Å². The first kappa shape index (κ1) is 9.06. The van der Waals surface area contributed by atoms with Crippen LogP contribution < -0.4 is 5.90 Å². The van der Waals surface area contributed by atoms with Crippen LogP contribution in [0, 0.1) is 0 Å². The molecule has 0 bridgehead atoms. The molecule has 1 aromatic rings. The number of rotatable bonds is 2. The second-order valence-corrected chi connectivity index (χ2v) is 4.34. The third-order valence-electron chi connectivity index (χ3n) is 2.22. The lowest BCUT2D eigenvalue weighted by molar-refractivity contribution is 0.124. The lowest BCUT2D eigenvalue weighted by Crippen LogP contribution is -2.02. The van der Waals surface area contributed by atoms with Crippen LogP contribution in [0.1, 0.15) is 17.5 Å². The Morgan fingerprint density at radius 2 is 2.38 bits per heavy atom. The first-order valence-electron chi connectivity index (χ1n) is 4.46. The monoisotopic (exact) mass is 195 g/mol. The van der Waals surface area contributed by atoms with E-state index in [1.807, 2.05) is 11.8 Å². The third-order valence-corrected chi connectivity index (χ3v) is 3.42. The van der Waals surface area contributed by atoms with Gasteiger partial charge in [-0.25, -0.2) is 5.90 Å². The van der Waals surface area contributed by atoms with Crippen LogP contribution in [0.4, 0.5) is 0 Å². The molecular weight excluding hydrogens is 182 g/mol. The van der Waals surface area contributed by atoms with Crippen molar-refractivity contribution in [3.63, 3.8) is 0 Å². The van der Waals surface area contributed by atoms with Gasteiger partial charge in [-0.2, -0.15) is 0 Å². The zero-order valence-corrected chi connectivity index (χ0v) is 8.27. The van der Waals surface area contributed by atoms with Crippen LogP contribution in [0.15, 0.2) is 23.1 Å². The van der Waals surface area contributed by atoms with Gasteiger partial charge >= 0.3 is 0 Å². The first-order chi connectivity index (χ1) is 6.40. The van der Waals surface area contributed by atoms with Gasteiger partial charge in [-0.05, 0) is 35.8 Å². The zero-order valence-electron chi connectivity index (χ0n) is 7.45. The predicted molar refractivity (Wildman–Crippen MR) is 54.5 cm³/mol. The highest BCUT2D eigenvalue weighted by molar-refractivity contribution is 7.99. The molecule has 1 aromatic carbocycles. The highest BCUT2D eigenvalue weighted by atomic mass is 32.2. The standard InChI is InChI=1S/C10H13NOS/c11-12-7-8-3-4-10-9(6-8)2-1-5-13-10/h3-4,6H,1-2,5,7,11H2. The molecule has 2 nitrogen and oxygen atoms in total. The quantitative estimate of drug-likeness (QED) is 0.734. The van der Waals surface area contributed by atoms with Crippen molar-refractivity contribution in [3.05, 3.63) is 29.3 Å². The SMILES string of the molecule is NOCc1ccc2c(c1)CCCS2. The van der Waals surface area contributed by atoms with E-state index in [4.69, 9.17) is 5.90 Å². The third kappa shape index (κ3) is 2.05. The van der Waals surface area contributed by atoms with Gasteiger partial charge in [0.25, 0.3) is 0 Å². The van der Waals surface area contributed by atoms with Crippen LogP contribution in [0.5, 0.6) is 0 Å². The van der Waals surface area contributed by atoms with Crippen molar-refractivity contribution in [2.75, 3.05) is 5.75 Å². The summed E-state index contributed by atoms with van der Waals surface area (Å²) in [4.78, 5) is 6.04. The van der Waals surface area contributed by atoms with Gasteiger partial charge in [0.2, 0.25) is 0 Å². The number of thioether (sulfide) groups is 1. The molecule has 0 aromatic heterocycles. The van der Waals surface area contributed by atoms with Crippen molar-refractivity contribution in [3.8, 4) is 0 Å². The summed E-state index contributed by atoms with van der Waals surface area (Å²) >= 11 is 1.94. The molecule has 0 unspecified atom stereocenters. The van der Waals surface area contributed by atoms with E-state index in [1.54, 1.807) is 0 Å². The molecule has 0 atom stereocenters. The summed E-state index contributed by atoms with van der Waals surface area (Å²) in [5.74, 6) is 6.28. The fourth-order valence-electron chi connectivity index (χ4n) is 1.60. The Bertz CT molecular complexity index is 301. The number of nitrogens with two attached hydrogens (primary N) is 1. The Labute approximate surface area is 82.4 Å². The second-order valence-electron chi connectivity index (χ2n) is 3.21. The first-order valence-corrected chi connectivity index (χ1v) is 5.45. The Kier molecular flexibility index (Phi) is 2.88. The lowest BCUT2D eigenvalue weighted by atomic mass is 10.1. The van der Waals surface area contributed by atoms with Crippen LogP contribution in [0.3, 0.4) is 0 Å². The van der Waals surface area contributed by atoms with Crippen LogP contribution in [-0.2, 0) is 17.9 Å². The maximum absolute atomic E-state index is 5.03. The van der Waals surface area contributed by atoms with Gasteiger partial charge in [0, 0.05) is 4.90 Å². The van der Waals surface area contributed by atoms with E-state index < -0.39 is 0 Å². The van der Waals surface area contributed by atoms with Crippen LogP contribution in [0.25, 0.3) is 0 Å². The van der Waals surface area contributed by atoms with Crippen molar-refractivity contribution >= 4 is 11.8 Å². The Morgan fingerprint density at radius 1 is 1.46 bits per heavy atom. The van der Waals surface area contributed by atoms with E-state index in [0.717, 1.165) is 0 Å². The van der Waals surface area contributed by atoms with Gasteiger partial charge in [-0.3, -0.25) is 4.84 Å². The summed E-state index contributed by atoms with van der Waals surface area (Å²) in [6.45, 7) is 0.512. The predicted octanol–water partition coefficient (Wildman–Crippen LogP) is 2.12. The molecule has 70 valence electrons. The summed E-state index contributed by atoms with van der Waals surface area (Å²) in [6.07, 6.45) is 2.48. The van der Waals surface area contributed by atoms with Crippen molar-refractivity contribution in [2.24, 2.45) is 5.90 Å². The van der Waals surface area contributed by atoms with E-state index in [0.29, 0.717) is 6.61 Å². The molecule has 0 spiro atoms. The molecule has 0 amide bonds. The molecule has 1 aliphatic rings. The minimum atomic E-state index is 0.512. The van der Waals surface area contributed by atoms with Crippen molar-refractivity contribution < 1.29 is 4.84 Å². The lowest BCUT2D eigenvalue weighted by Gasteiger charge is -2.15. The van der Waals surface area contributed by atoms with Crippen molar-refractivity contribution in [2.45, 2.75) is 24.3 Å². The van der Waals surface area contributed by atoms with E-state index in [2.05, 4.69) is 23.0 Å². The van der Waals surface area contributed by atoms with E-state index >= 15 is 0 Å². The maximum Gasteiger partial charge on any atom is 0.0930 e. The van der Waals surface area contributed by atoms with Gasteiger partial charge in [-0.1, -0.05) is 12.1 Å². The zero-order chi connectivity index (χ0) is 9.10. The Balaban J connectivity index is 2.24. The molecule has 0 fully saturated rings. The van der Waals surface area contributed by atoms with Gasteiger partial charge in [0.1, 0.15) is 0 Å². The second kappa shape index (κ2) is 4.13. The van der Waals surface area contributed by atoms with E-state index in [1.165, 1.54) is 34.6 Å². The fourth-order valence-corrected chi connectivity index (χ4v) is 2.62. The van der Waals surface area contributed by atoms with Crippen LogP contribution in [-0.4, -0.2) is 5.75 Å². The molecule has 0 saturated heterocycles. The summed E-state index contributed by atoms with van der Waals surface area (Å²) in [6, 6.07) is 6.46. The summed E-state index contributed by atoms with van der Waals surface area (Å²) in [5, 5.41) is 0. The number of hydrogen-bond acceptors (Lipinski definition) is 3. The minimum Gasteiger partial charge on any atom is -0.300 e. The van der Waals surface area contributed by atoms with Crippen LogP contribution >= 0.6 is 11.8 Å². The van der Waals surface area contributed by atoms with Gasteiger partial charge < -0.3 is 0 Å². The molecule has 1 aliphatic heterocycles. The van der Waals surface area contributed by atoms with Crippen molar-refractivity contribution in [1.29, 1.82) is 0 Å². The molecule has 2 N–H and O–H groups in total. The van der Waals surface area contributed by atoms with E-state index in [-0.39, 0.29) is 0 Å². The minimum absolute atomic E-state index is 0.512.